The van der Waals surface area contributed by atoms with Crippen LogP contribution >= 0.6 is 0 Å². The van der Waals surface area contributed by atoms with Crippen LogP contribution in [0.3, 0.4) is 0 Å². The fourth-order valence-corrected chi connectivity index (χ4v) is 5.10. The van der Waals surface area contributed by atoms with E-state index in [2.05, 4.69) is 0 Å². The monoisotopic (exact) mass is 406 g/mol. The van der Waals surface area contributed by atoms with E-state index >= 15 is 0 Å². The van der Waals surface area contributed by atoms with Gasteiger partial charge in [-0.05, 0) is 36.2 Å². The lowest BCUT2D eigenvalue weighted by Gasteiger charge is -2.28. The van der Waals surface area contributed by atoms with E-state index in [1.165, 1.54) is 12.1 Å². The molecule has 2 saturated heterocycles. The molecule has 3 heterocycles. The molecule has 2 fully saturated rings. The minimum Gasteiger partial charge on any atom is -0.360 e. The summed E-state index contributed by atoms with van der Waals surface area (Å²) < 4.78 is 19.8. The van der Waals surface area contributed by atoms with Gasteiger partial charge >= 0.3 is 0 Å². The Morgan fingerprint density at radius 1 is 1.27 bits per heavy atom. The molecule has 0 aromatic heterocycles. The lowest BCUT2D eigenvalue weighted by molar-refractivity contribution is -0.139. The Kier molecular flexibility index (Phi) is 4.29. The van der Waals surface area contributed by atoms with Crippen LogP contribution in [-0.2, 0) is 20.9 Å². The van der Waals surface area contributed by atoms with Gasteiger partial charge in [0.1, 0.15) is 11.4 Å². The molecule has 3 aliphatic heterocycles. The van der Waals surface area contributed by atoms with Gasteiger partial charge in [0.2, 0.25) is 11.8 Å². The Hall–Kier alpha value is -2.99. The summed E-state index contributed by atoms with van der Waals surface area (Å²) in [7, 11) is 1.76. The SMILES string of the molecule is Cc1cc(F)ccc1N1C[C@]23C=C[C@H](O2)[C@@H](C(=O)N(C)Cc2ccccc2)[C@@H]3C1=O. The average molecular weight is 406 g/mol. The van der Waals surface area contributed by atoms with E-state index in [1.54, 1.807) is 29.8 Å². The first-order valence-corrected chi connectivity index (χ1v) is 10.1. The second kappa shape index (κ2) is 6.77. The highest BCUT2D eigenvalue weighted by Crippen LogP contribution is 2.53. The molecule has 0 unspecified atom stereocenters. The maximum atomic E-state index is 13.6. The Balaban J connectivity index is 1.43. The van der Waals surface area contributed by atoms with Crippen molar-refractivity contribution in [1.82, 2.24) is 4.90 Å². The number of aryl methyl sites for hydroxylation is 1. The van der Waals surface area contributed by atoms with Crippen molar-refractivity contribution < 1.29 is 18.7 Å². The van der Waals surface area contributed by atoms with Gasteiger partial charge < -0.3 is 14.5 Å². The van der Waals surface area contributed by atoms with E-state index in [9.17, 15) is 14.0 Å². The Bertz CT molecular complexity index is 1050. The van der Waals surface area contributed by atoms with E-state index in [4.69, 9.17) is 4.74 Å². The second-order valence-electron chi connectivity index (χ2n) is 8.44. The van der Waals surface area contributed by atoms with Crippen molar-refractivity contribution in [2.75, 3.05) is 18.5 Å². The van der Waals surface area contributed by atoms with Crippen LogP contribution < -0.4 is 4.90 Å². The summed E-state index contributed by atoms with van der Waals surface area (Å²) >= 11 is 0. The zero-order chi connectivity index (χ0) is 21.0. The molecule has 4 atom stereocenters. The average Bonchev–Trinajstić information content (AvgIpc) is 3.36. The standard InChI is InChI=1S/C24H23FN2O3/c1-15-12-17(25)8-9-18(15)27-14-24-11-10-19(30-24)20(21(24)23(27)29)22(28)26(2)13-16-6-4-3-5-7-16/h3-12,19-21H,13-14H2,1-2H3/t19-,20+,21+,24-/m0/s1. The molecule has 30 heavy (non-hydrogen) atoms. The van der Waals surface area contributed by atoms with Crippen molar-refractivity contribution in [1.29, 1.82) is 0 Å². The number of ether oxygens (including phenoxy) is 1. The quantitative estimate of drug-likeness (QED) is 0.734. The van der Waals surface area contributed by atoms with E-state index in [1.807, 2.05) is 42.5 Å². The van der Waals surface area contributed by atoms with Gasteiger partial charge in [0.05, 0.1) is 24.5 Å². The highest BCUT2D eigenvalue weighted by atomic mass is 19.1. The number of hydrogen-bond donors (Lipinski definition) is 0. The predicted molar refractivity (Wildman–Crippen MR) is 110 cm³/mol. The third-order valence-electron chi connectivity index (χ3n) is 6.47. The Morgan fingerprint density at radius 2 is 2.03 bits per heavy atom. The number of halogens is 1. The van der Waals surface area contributed by atoms with Gasteiger partial charge in [0.15, 0.2) is 0 Å². The van der Waals surface area contributed by atoms with Gasteiger partial charge in [-0.2, -0.15) is 0 Å². The van der Waals surface area contributed by atoms with Crippen LogP contribution in [0.2, 0.25) is 0 Å². The van der Waals surface area contributed by atoms with Crippen LogP contribution in [-0.4, -0.2) is 42.0 Å². The molecule has 3 aliphatic rings. The fraction of sp³-hybridized carbons (Fsp3) is 0.333. The van der Waals surface area contributed by atoms with Gasteiger partial charge in [-0.3, -0.25) is 9.59 Å². The summed E-state index contributed by atoms with van der Waals surface area (Å²) in [5.74, 6) is -1.69. The molecule has 5 nitrogen and oxygen atoms in total. The maximum Gasteiger partial charge on any atom is 0.234 e. The van der Waals surface area contributed by atoms with Gasteiger partial charge in [-0.1, -0.05) is 42.5 Å². The van der Waals surface area contributed by atoms with Crippen molar-refractivity contribution in [2.24, 2.45) is 11.8 Å². The number of hydrogen-bond acceptors (Lipinski definition) is 3. The molecule has 2 bridgehead atoms. The third kappa shape index (κ3) is 2.78. The van der Waals surface area contributed by atoms with Crippen LogP contribution in [0.25, 0.3) is 0 Å². The molecule has 5 rings (SSSR count). The minimum absolute atomic E-state index is 0.0916. The Morgan fingerprint density at radius 3 is 2.77 bits per heavy atom. The molecule has 6 heteroatoms. The summed E-state index contributed by atoms with van der Waals surface area (Å²) in [4.78, 5) is 30.1. The van der Waals surface area contributed by atoms with Gasteiger partial charge in [-0.15, -0.1) is 0 Å². The Labute approximate surface area is 174 Å². The lowest BCUT2D eigenvalue weighted by atomic mass is 9.76. The highest BCUT2D eigenvalue weighted by molar-refractivity contribution is 6.03. The molecule has 0 saturated carbocycles. The van der Waals surface area contributed by atoms with Gasteiger partial charge in [0, 0.05) is 19.3 Å². The first-order chi connectivity index (χ1) is 14.4. The number of carbonyl (C=O) groups excluding carboxylic acids is 2. The van der Waals surface area contributed by atoms with Crippen molar-refractivity contribution >= 4 is 17.5 Å². The molecule has 0 radical (unpaired) electrons. The lowest BCUT2D eigenvalue weighted by Crippen LogP contribution is -2.44. The summed E-state index contributed by atoms with van der Waals surface area (Å²) in [5, 5.41) is 0. The molecule has 2 aromatic carbocycles. The zero-order valence-corrected chi connectivity index (χ0v) is 16.9. The molecule has 2 aromatic rings. The number of amides is 2. The van der Waals surface area contributed by atoms with E-state index in [0.717, 1.165) is 5.56 Å². The van der Waals surface area contributed by atoms with Gasteiger partial charge in [0.25, 0.3) is 0 Å². The summed E-state index contributed by atoms with van der Waals surface area (Å²) in [6.45, 7) is 2.59. The normalized spacial score (nSPS) is 28.8. The van der Waals surface area contributed by atoms with Crippen molar-refractivity contribution in [3.63, 3.8) is 0 Å². The van der Waals surface area contributed by atoms with E-state index in [-0.39, 0.29) is 23.7 Å². The molecule has 0 N–H and O–H groups in total. The number of anilines is 1. The zero-order valence-electron chi connectivity index (χ0n) is 16.9. The molecular formula is C24H23FN2O3. The van der Waals surface area contributed by atoms with Gasteiger partial charge in [-0.25, -0.2) is 4.39 Å². The maximum absolute atomic E-state index is 13.6. The number of carbonyl (C=O) groups is 2. The first kappa shape index (κ1) is 19.0. The number of fused-ring (bicyclic) bond motifs is 1. The molecule has 154 valence electrons. The number of rotatable bonds is 4. The molecule has 2 amide bonds. The van der Waals surface area contributed by atoms with E-state index in [0.29, 0.717) is 24.3 Å². The fourth-order valence-electron chi connectivity index (χ4n) is 5.10. The predicted octanol–water partition coefficient (Wildman–Crippen LogP) is 3.08. The van der Waals surface area contributed by atoms with Crippen molar-refractivity contribution in [3.05, 3.63) is 77.6 Å². The topological polar surface area (TPSA) is 49.9 Å². The number of benzene rings is 2. The molecule has 0 aliphatic carbocycles. The summed E-state index contributed by atoms with van der Waals surface area (Å²) in [6.07, 6.45) is 3.45. The van der Waals surface area contributed by atoms with Crippen LogP contribution in [0, 0.1) is 24.6 Å². The van der Waals surface area contributed by atoms with Crippen molar-refractivity contribution in [3.8, 4) is 0 Å². The largest absolute Gasteiger partial charge is 0.360 e. The minimum atomic E-state index is -0.795. The van der Waals surface area contributed by atoms with Crippen LogP contribution in [0.5, 0.6) is 0 Å². The van der Waals surface area contributed by atoms with E-state index < -0.39 is 17.4 Å². The first-order valence-electron chi connectivity index (χ1n) is 10.1. The summed E-state index contributed by atoms with van der Waals surface area (Å²) in [5.41, 5.74) is 1.58. The highest BCUT2D eigenvalue weighted by Gasteiger charge is 2.67. The summed E-state index contributed by atoms with van der Waals surface area (Å²) in [6, 6.07) is 14.2. The molecule has 1 spiro atoms. The van der Waals surface area contributed by atoms with Crippen LogP contribution in [0.4, 0.5) is 10.1 Å². The molecular weight excluding hydrogens is 383 g/mol. The van der Waals surface area contributed by atoms with Crippen LogP contribution in [0.1, 0.15) is 11.1 Å². The second-order valence-corrected chi connectivity index (χ2v) is 8.44. The van der Waals surface area contributed by atoms with Crippen molar-refractivity contribution in [2.45, 2.75) is 25.2 Å². The number of nitrogens with zero attached hydrogens (tertiary/aromatic N) is 2. The smallest absolute Gasteiger partial charge is 0.234 e. The van der Waals surface area contributed by atoms with Crippen LogP contribution in [0.15, 0.2) is 60.7 Å². The third-order valence-corrected chi connectivity index (χ3v) is 6.47.